The monoisotopic (exact) mass is 333 g/mol. The summed E-state index contributed by atoms with van der Waals surface area (Å²) in [7, 11) is 3.99. The number of nitrogens with one attached hydrogen (secondary N) is 1. The molecule has 1 saturated heterocycles. The summed E-state index contributed by atoms with van der Waals surface area (Å²) < 4.78 is 0. The lowest BCUT2D eigenvalue weighted by Gasteiger charge is -2.40. The van der Waals surface area contributed by atoms with Gasteiger partial charge in [-0.2, -0.15) is 0 Å². The van der Waals surface area contributed by atoms with Crippen LogP contribution in [0.5, 0.6) is 0 Å². The maximum atomic E-state index is 12.2. The average Bonchev–Trinajstić information content (AvgIpc) is 2.53. The molecule has 2 atom stereocenters. The normalized spacial score (nSPS) is 24.3. The first-order chi connectivity index (χ1) is 11.4. The van der Waals surface area contributed by atoms with E-state index in [4.69, 9.17) is 4.98 Å². The highest BCUT2D eigenvalue weighted by molar-refractivity contribution is 5.96. The van der Waals surface area contributed by atoms with Gasteiger partial charge in [-0.15, -0.1) is 0 Å². The number of nitrogens with zero attached hydrogens (tertiary/aromatic N) is 4. The summed E-state index contributed by atoms with van der Waals surface area (Å²) in [6.45, 7) is 6.02. The standard InChI is InChI=1S/C17H27N5O2/c1-10(2)15-19-14-11(5-7-18-17(14)24)16(20-15)22-8-6-12(21(3)4)13(23)9-22/h10,12-13,23H,5-9H2,1-4H3,(H,18,24)/t12-,13-/m0/s1. The SMILES string of the molecule is CC(C)c1nc2c(c(N3CC[C@H](N(C)C)[C@@H](O)C3)n1)CCNC2=O. The van der Waals surface area contributed by atoms with Crippen molar-refractivity contribution in [3.05, 3.63) is 17.1 Å². The van der Waals surface area contributed by atoms with Gasteiger partial charge in [0, 0.05) is 37.2 Å². The number of hydrogen-bond acceptors (Lipinski definition) is 6. The van der Waals surface area contributed by atoms with Crippen LogP contribution >= 0.6 is 0 Å². The van der Waals surface area contributed by atoms with Crippen LogP contribution in [0.15, 0.2) is 0 Å². The molecule has 0 unspecified atom stereocenters. The number of anilines is 1. The highest BCUT2D eigenvalue weighted by atomic mass is 16.3. The van der Waals surface area contributed by atoms with Gasteiger partial charge in [0.25, 0.3) is 5.91 Å². The summed E-state index contributed by atoms with van der Waals surface area (Å²) in [6, 6.07) is 0.159. The van der Waals surface area contributed by atoms with Gasteiger partial charge in [0.05, 0.1) is 6.10 Å². The maximum Gasteiger partial charge on any atom is 0.270 e. The van der Waals surface area contributed by atoms with Gasteiger partial charge in [-0.3, -0.25) is 4.79 Å². The first-order valence-corrected chi connectivity index (χ1v) is 8.67. The molecule has 0 radical (unpaired) electrons. The molecule has 2 N–H and O–H groups in total. The van der Waals surface area contributed by atoms with Crippen molar-refractivity contribution < 1.29 is 9.90 Å². The second-order valence-corrected chi connectivity index (χ2v) is 7.23. The third-order valence-electron chi connectivity index (χ3n) is 4.90. The van der Waals surface area contributed by atoms with Gasteiger partial charge in [-0.25, -0.2) is 9.97 Å². The molecule has 1 amide bonds. The number of carbonyl (C=O) groups is 1. The second-order valence-electron chi connectivity index (χ2n) is 7.23. The number of carbonyl (C=O) groups excluding carboxylic acids is 1. The number of fused-ring (bicyclic) bond motifs is 1. The summed E-state index contributed by atoms with van der Waals surface area (Å²) in [6.07, 6.45) is 1.17. The Kier molecular flexibility index (Phi) is 4.73. The van der Waals surface area contributed by atoms with E-state index in [0.717, 1.165) is 30.8 Å². The Morgan fingerprint density at radius 3 is 2.71 bits per heavy atom. The van der Waals surface area contributed by atoms with E-state index in [1.54, 1.807) is 0 Å². The average molecular weight is 333 g/mol. The lowest BCUT2D eigenvalue weighted by Crippen LogP contribution is -2.53. The number of amides is 1. The van der Waals surface area contributed by atoms with Gasteiger partial charge >= 0.3 is 0 Å². The molecule has 2 aliphatic rings. The number of hydrogen-bond donors (Lipinski definition) is 2. The lowest BCUT2D eigenvalue weighted by molar-refractivity contribution is 0.0627. The second kappa shape index (κ2) is 6.64. The molecule has 0 bridgehead atoms. The molecule has 2 aliphatic heterocycles. The predicted octanol–water partition coefficient (Wildman–Crippen LogP) is 0.387. The number of rotatable bonds is 3. The fourth-order valence-corrected chi connectivity index (χ4v) is 3.53. The summed E-state index contributed by atoms with van der Waals surface area (Å²) in [5.74, 6) is 1.54. The van der Waals surface area contributed by atoms with Crippen molar-refractivity contribution >= 4 is 11.7 Å². The Hall–Kier alpha value is -1.73. The number of β-amino-alcohol motifs (C(OH)–C–C–N with tert-alkyl or cyclic N) is 1. The third-order valence-corrected chi connectivity index (χ3v) is 4.90. The first kappa shape index (κ1) is 17.1. The molecular weight excluding hydrogens is 306 g/mol. The van der Waals surface area contributed by atoms with Crippen LogP contribution in [0, 0.1) is 0 Å². The van der Waals surface area contributed by atoms with Crippen LogP contribution in [0.1, 0.15) is 48.1 Å². The predicted molar refractivity (Wildman–Crippen MR) is 92.5 cm³/mol. The van der Waals surface area contributed by atoms with Crippen LogP contribution in [0.4, 0.5) is 5.82 Å². The minimum Gasteiger partial charge on any atom is -0.390 e. The van der Waals surface area contributed by atoms with Crippen LogP contribution in [0.3, 0.4) is 0 Å². The largest absolute Gasteiger partial charge is 0.390 e. The van der Waals surface area contributed by atoms with Gasteiger partial charge in [0.15, 0.2) is 0 Å². The molecule has 7 nitrogen and oxygen atoms in total. The highest BCUT2D eigenvalue weighted by Gasteiger charge is 2.33. The first-order valence-electron chi connectivity index (χ1n) is 8.67. The van der Waals surface area contributed by atoms with E-state index in [9.17, 15) is 9.90 Å². The van der Waals surface area contributed by atoms with E-state index in [0.29, 0.717) is 24.6 Å². The van der Waals surface area contributed by atoms with Crippen LogP contribution < -0.4 is 10.2 Å². The van der Waals surface area contributed by atoms with Crippen LogP contribution in [-0.2, 0) is 6.42 Å². The van der Waals surface area contributed by atoms with Gasteiger partial charge < -0.3 is 20.2 Å². The number of piperidine rings is 1. The summed E-state index contributed by atoms with van der Waals surface area (Å²) in [4.78, 5) is 25.7. The van der Waals surface area contributed by atoms with Crippen LogP contribution in [-0.4, -0.2) is 71.8 Å². The molecule has 0 spiro atoms. The minimum atomic E-state index is -0.431. The van der Waals surface area contributed by atoms with E-state index in [-0.39, 0.29) is 17.9 Å². The lowest BCUT2D eigenvalue weighted by atomic mass is 9.99. The quantitative estimate of drug-likeness (QED) is 0.833. The van der Waals surface area contributed by atoms with Gasteiger partial charge in [-0.05, 0) is 26.9 Å². The third kappa shape index (κ3) is 3.10. The van der Waals surface area contributed by atoms with Crippen molar-refractivity contribution in [2.24, 2.45) is 0 Å². The minimum absolute atomic E-state index is 0.120. The van der Waals surface area contributed by atoms with Crippen molar-refractivity contribution in [2.45, 2.75) is 44.8 Å². The molecular formula is C17H27N5O2. The van der Waals surface area contributed by atoms with Gasteiger partial charge in [0.1, 0.15) is 17.3 Å². The molecule has 7 heteroatoms. The van der Waals surface area contributed by atoms with E-state index < -0.39 is 6.10 Å². The van der Waals surface area contributed by atoms with E-state index in [2.05, 4.69) is 20.1 Å². The van der Waals surface area contributed by atoms with Gasteiger partial charge in [0.2, 0.25) is 0 Å². The van der Waals surface area contributed by atoms with Crippen molar-refractivity contribution in [2.75, 3.05) is 38.6 Å². The Balaban J connectivity index is 1.97. The Morgan fingerprint density at radius 1 is 1.33 bits per heavy atom. The van der Waals surface area contributed by atoms with Crippen LogP contribution in [0.2, 0.25) is 0 Å². The molecule has 1 aromatic rings. The van der Waals surface area contributed by atoms with E-state index >= 15 is 0 Å². The topological polar surface area (TPSA) is 81.6 Å². The maximum absolute atomic E-state index is 12.2. The number of aromatic nitrogens is 2. The number of aliphatic hydroxyl groups excluding tert-OH is 1. The number of likely N-dealkylation sites (N-methyl/N-ethyl adjacent to an activating group) is 1. The molecule has 1 fully saturated rings. The summed E-state index contributed by atoms with van der Waals surface area (Å²) >= 11 is 0. The molecule has 24 heavy (non-hydrogen) atoms. The van der Waals surface area contributed by atoms with Gasteiger partial charge in [-0.1, -0.05) is 13.8 Å². The Bertz CT molecular complexity index is 632. The molecule has 3 rings (SSSR count). The Morgan fingerprint density at radius 2 is 2.08 bits per heavy atom. The molecule has 3 heterocycles. The summed E-state index contributed by atoms with van der Waals surface area (Å²) in [5.41, 5.74) is 1.41. The fraction of sp³-hybridized carbons (Fsp3) is 0.706. The number of aliphatic hydroxyl groups is 1. The molecule has 132 valence electrons. The fourth-order valence-electron chi connectivity index (χ4n) is 3.53. The van der Waals surface area contributed by atoms with Crippen molar-refractivity contribution in [3.8, 4) is 0 Å². The zero-order valence-electron chi connectivity index (χ0n) is 14.9. The van der Waals surface area contributed by atoms with Crippen molar-refractivity contribution in [1.82, 2.24) is 20.2 Å². The highest BCUT2D eigenvalue weighted by Crippen LogP contribution is 2.29. The Labute approximate surface area is 143 Å². The van der Waals surface area contributed by atoms with Crippen LogP contribution in [0.25, 0.3) is 0 Å². The molecule has 0 aliphatic carbocycles. The smallest absolute Gasteiger partial charge is 0.270 e. The zero-order chi connectivity index (χ0) is 17.4. The molecule has 0 saturated carbocycles. The summed E-state index contributed by atoms with van der Waals surface area (Å²) in [5, 5.41) is 13.4. The zero-order valence-corrected chi connectivity index (χ0v) is 14.9. The molecule has 1 aromatic heterocycles. The van der Waals surface area contributed by atoms with Crippen molar-refractivity contribution in [3.63, 3.8) is 0 Å². The molecule has 0 aromatic carbocycles. The van der Waals surface area contributed by atoms with E-state index in [1.807, 2.05) is 27.9 Å². The van der Waals surface area contributed by atoms with E-state index in [1.165, 1.54) is 0 Å². The van der Waals surface area contributed by atoms with Crippen molar-refractivity contribution in [1.29, 1.82) is 0 Å².